The number of benzene rings is 2. The minimum atomic E-state index is -4.49. The van der Waals surface area contributed by atoms with Gasteiger partial charge in [0.15, 0.2) is 0 Å². The third-order valence-corrected chi connectivity index (χ3v) is 3.89. The standard InChI is InChI=1S/C20H18F3NO5/c21-20(22,23)15-8-6-13(7-9-15)10-17(25)24-16(19(27)28)11-18(26)29-12-14-4-2-1-3-5-14/h1-9,16H,10-12H2,(H,24,25)(H,27,28)/t16-/m1/s1. The highest BCUT2D eigenvalue weighted by molar-refractivity contribution is 5.88. The molecule has 1 amide bonds. The van der Waals surface area contributed by atoms with Crippen molar-refractivity contribution < 1.29 is 37.4 Å². The van der Waals surface area contributed by atoms with Crippen LogP contribution >= 0.6 is 0 Å². The summed E-state index contributed by atoms with van der Waals surface area (Å²) in [7, 11) is 0. The number of alkyl halides is 3. The van der Waals surface area contributed by atoms with Crippen molar-refractivity contribution >= 4 is 17.8 Å². The maximum Gasteiger partial charge on any atom is 0.416 e. The number of ether oxygens (including phenoxy) is 1. The van der Waals surface area contributed by atoms with Crippen LogP contribution in [0.15, 0.2) is 54.6 Å². The molecule has 2 N–H and O–H groups in total. The molecule has 0 fully saturated rings. The van der Waals surface area contributed by atoms with Gasteiger partial charge in [-0.1, -0.05) is 42.5 Å². The molecular weight excluding hydrogens is 391 g/mol. The Morgan fingerprint density at radius 2 is 1.59 bits per heavy atom. The molecule has 6 nitrogen and oxygen atoms in total. The molecule has 9 heteroatoms. The van der Waals surface area contributed by atoms with Crippen LogP contribution in [0, 0.1) is 0 Å². The molecule has 0 aromatic heterocycles. The van der Waals surface area contributed by atoms with Gasteiger partial charge in [0, 0.05) is 0 Å². The summed E-state index contributed by atoms with van der Waals surface area (Å²) in [6.07, 6.45) is -5.41. The van der Waals surface area contributed by atoms with E-state index in [-0.39, 0.29) is 18.6 Å². The van der Waals surface area contributed by atoms with Crippen molar-refractivity contribution in [3.63, 3.8) is 0 Å². The van der Waals surface area contributed by atoms with Gasteiger partial charge in [0.25, 0.3) is 0 Å². The third kappa shape index (κ3) is 7.28. The molecule has 0 saturated carbocycles. The highest BCUT2D eigenvalue weighted by atomic mass is 19.4. The number of carbonyl (C=O) groups excluding carboxylic acids is 2. The van der Waals surface area contributed by atoms with Gasteiger partial charge in [0.1, 0.15) is 12.6 Å². The van der Waals surface area contributed by atoms with E-state index in [0.717, 1.165) is 29.8 Å². The smallest absolute Gasteiger partial charge is 0.416 e. The van der Waals surface area contributed by atoms with Crippen LogP contribution in [-0.4, -0.2) is 29.0 Å². The lowest BCUT2D eigenvalue weighted by Crippen LogP contribution is -2.43. The number of rotatable bonds is 8. The normalized spacial score (nSPS) is 12.1. The van der Waals surface area contributed by atoms with Crippen LogP contribution in [0.1, 0.15) is 23.1 Å². The number of amides is 1. The number of nitrogens with one attached hydrogen (secondary N) is 1. The maximum atomic E-state index is 12.5. The quantitative estimate of drug-likeness (QED) is 0.654. The van der Waals surface area contributed by atoms with Crippen molar-refractivity contribution in [1.29, 1.82) is 0 Å². The predicted molar refractivity (Wildman–Crippen MR) is 95.6 cm³/mol. The lowest BCUT2D eigenvalue weighted by molar-refractivity contribution is -0.151. The van der Waals surface area contributed by atoms with Gasteiger partial charge >= 0.3 is 18.1 Å². The van der Waals surface area contributed by atoms with Gasteiger partial charge in [0.2, 0.25) is 5.91 Å². The monoisotopic (exact) mass is 409 g/mol. The van der Waals surface area contributed by atoms with Gasteiger partial charge in [-0.25, -0.2) is 4.79 Å². The number of esters is 1. The summed E-state index contributed by atoms with van der Waals surface area (Å²) in [5.41, 5.74) is 0.136. The van der Waals surface area contributed by atoms with Crippen LogP contribution in [0.25, 0.3) is 0 Å². The first-order valence-corrected chi connectivity index (χ1v) is 8.53. The lowest BCUT2D eigenvalue weighted by atomic mass is 10.1. The zero-order chi connectivity index (χ0) is 21.4. The van der Waals surface area contributed by atoms with Crippen molar-refractivity contribution in [2.75, 3.05) is 0 Å². The summed E-state index contributed by atoms with van der Waals surface area (Å²) < 4.78 is 42.6. The molecule has 2 rings (SSSR count). The zero-order valence-electron chi connectivity index (χ0n) is 15.1. The second-order valence-corrected chi connectivity index (χ2v) is 6.18. The van der Waals surface area contributed by atoms with Crippen LogP contribution in [-0.2, 0) is 38.3 Å². The molecule has 0 heterocycles. The van der Waals surface area contributed by atoms with Crippen molar-refractivity contribution in [1.82, 2.24) is 5.32 Å². The number of hydrogen-bond donors (Lipinski definition) is 2. The van der Waals surface area contributed by atoms with Crippen molar-refractivity contribution in [2.24, 2.45) is 0 Å². The van der Waals surface area contributed by atoms with E-state index >= 15 is 0 Å². The molecule has 0 radical (unpaired) electrons. The van der Waals surface area contributed by atoms with Crippen molar-refractivity contribution in [2.45, 2.75) is 31.7 Å². The molecule has 0 saturated heterocycles. The second-order valence-electron chi connectivity index (χ2n) is 6.18. The van der Waals surface area contributed by atoms with E-state index in [1.54, 1.807) is 30.3 Å². The number of carboxylic acids is 1. The Labute approximate surface area is 164 Å². The molecule has 0 aliphatic carbocycles. The molecule has 154 valence electrons. The number of carbonyl (C=O) groups is 3. The van der Waals surface area contributed by atoms with Crippen molar-refractivity contribution in [3.8, 4) is 0 Å². The summed E-state index contributed by atoms with van der Waals surface area (Å²) in [6.45, 7) is -0.0362. The molecule has 2 aromatic rings. The highest BCUT2D eigenvalue weighted by Crippen LogP contribution is 2.29. The average Bonchev–Trinajstić information content (AvgIpc) is 2.66. The average molecular weight is 409 g/mol. The second kappa shape index (κ2) is 9.72. The van der Waals surface area contributed by atoms with E-state index in [0.29, 0.717) is 0 Å². The van der Waals surface area contributed by atoms with E-state index in [4.69, 9.17) is 4.74 Å². The fourth-order valence-electron chi connectivity index (χ4n) is 2.41. The fraction of sp³-hybridized carbons (Fsp3) is 0.250. The van der Waals surface area contributed by atoms with Crippen LogP contribution in [0.3, 0.4) is 0 Å². The summed E-state index contributed by atoms with van der Waals surface area (Å²) >= 11 is 0. The SMILES string of the molecule is O=C(Cc1ccc(C(F)(F)F)cc1)N[C@H](CC(=O)OCc1ccccc1)C(=O)O. The molecule has 29 heavy (non-hydrogen) atoms. The van der Waals surface area contributed by atoms with Crippen LogP contribution in [0.5, 0.6) is 0 Å². The summed E-state index contributed by atoms with van der Waals surface area (Å²) in [6, 6.07) is 11.2. The first-order valence-electron chi connectivity index (χ1n) is 8.53. The highest BCUT2D eigenvalue weighted by Gasteiger charge is 2.30. The van der Waals surface area contributed by atoms with Crippen molar-refractivity contribution in [3.05, 3.63) is 71.3 Å². The Kier molecular flexibility index (Phi) is 7.35. The topological polar surface area (TPSA) is 92.7 Å². The molecular formula is C20H18F3NO5. The molecule has 0 aliphatic heterocycles. The van der Waals surface area contributed by atoms with Gasteiger partial charge in [-0.2, -0.15) is 13.2 Å². The predicted octanol–water partition coefficient (Wildman–Crippen LogP) is 2.95. The Hall–Kier alpha value is -3.36. The fourth-order valence-corrected chi connectivity index (χ4v) is 2.41. The Morgan fingerprint density at radius 1 is 0.966 bits per heavy atom. The molecule has 0 bridgehead atoms. The molecule has 0 spiro atoms. The van der Waals surface area contributed by atoms with Crippen LogP contribution < -0.4 is 5.32 Å². The first kappa shape index (κ1) is 21.9. The van der Waals surface area contributed by atoms with E-state index < -0.39 is 42.0 Å². The molecule has 0 aliphatic rings. The van der Waals surface area contributed by atoms with Crippen LogP contribution in [0.4, 0.5) is 13.2 Å². The van der Waals surface area contributed by atoms with Gasteiger partial charge in [-0.15, -0.1) is 0 Å². The first-order chi connectivity index (χ1) is 13.6. The minimum Gasteiger partial charge on any atom is -0.480 e. The minimum absolute atomic E-state index is 0.0362. The summed E-state index contributed by atoms with van der Waals surface area (Å²) in [5, 5.41) is 11.4. The molecule has 1 atom stereocenters. The number of carboxylic acid groups (broad SMARTS) is 1. The molecule has 2 aromatic carbocycles. The summed E-state index contributed by atoms with van der Waals surface area (Å²) in [5.74, 6) is -2.98. The third-order valence-electron chi connectivity index (χ3n) is 3.89. The summed E-state index contributed by atoms with van der Waals surface area (Å²) in [4.78, 5) is 35.2. The van der Waals surface area contributed by atoms with Crippen LogP contribution in [0.2, 0.25) is 0 Å². The van der Waals surface area contributed by atoms with Gasteiger partial charge in [-0.3, -0.25) is 9.59 Å². The van der Waals surface area contributed by atoms with Gasteiger partial charge < -0.3 is 15.2 Å². The number of hydrogen-bond acceptors (Lipinski definition) is 4. The van der Waals surface area contributed by atoms with E-state index in [9.17, 15) is 32.7 Å². The Balaban J connectivity index is 1.88. The zero-order valence-corrected chi connectivity index (χ0v) is 15.1. The molecule has 0 unspecified atom stereocenters. The number of aliphatic carboxylic acids is 1. The van der Waals surface area contributed by atoms with E-state index in [1.165, 1.54) is 0 Å². The van der Waals surface area contributed by atoms with E-state index in [2.05, 4.69) is 5.32 Å². The largest absolute Gasteiger partial charge is 0.480 e. The number of halogens is 3. The maximum absolute atomic E-state index is 12.5. The Morgan fingerprint density at radius 3 is 2.14 bits per heavy atom. The van der Waals surface area contributed by atoms with Gasteiger partial charge in [-0.05, 0) is 23.3 Å². The Bertz CT molecular complexity index is 851. The van der Waals surface area contributed by atoms with E-state index in [1.807, 2.05) is 0 Å². The van der Waals surface area contributed by atoms with Gasteiger partial charge in [0.05, 0.1) is 18.4 Å². The lowest BCUT2D eigenvalue weighted by Gasteiger charge is -2.14.